The van der Waals surface area contributed by atoms with Crippen LogP contribution in [0.3, 0.4) is 0 Å². The second-order valence-corrected chi connectivity index (χ2v) is 6.33. The lowest BCUT2D eigenvalue weighted by atomic mass is 10.4. The molecule has 11 heteroatoms. The molecular weight excluding hydrogens is 351 g/mol. The van der Waals surface area contributed by atoms with Gasteiger partial charge in [-0.3, -0.25) is 4.79 Å². The summed E-state index contributed by atoms with van der Waals surface area (Å²) in [5, 5.41) is 3.13. The fourth-order valence-corrected chi connectivity index (χ4v) is 3.26. The molecule has 0 radical (unpaired) electrons. The number of hydrogen-bond acceptors (Lipinski definition) is 6. The van der Waals surface area contributed by atoms with Crippen molar-refractivity contribution in [2.24, 2.45) is 0 Å². The van der Waals surface area contributed by atoms with Gasteiger partial charge in [-0.15, -0.1) is 11.3 Å². The van der Waals surface area contributed by atoms with Crippen LogP contribution >= 0.6 is 23.1 Å². The normalized spacial score (nSPS) is 11.8. The highest BCUT2D eigenvalue weighted by molar-refractivity contribution is 8.00. The quantitative estimate of drug-likeness (QED) is 0.552. The Morgan fingerprint density at radius 2 is 2.13 bits per heavy atom. The van der Waals surface area contributed by atoms with Crippen LogP contribution in [0.5, 0.6) is 0 Å². The molecule has 3 rings (SSSR count). The highest BCUT2D eigenvalue weighted by Crippen LogP contribution is 2.36. The van der Waals surface area contributed by atoms with E-state index >= 15 is 0 Å². The van der Waals surface area contributed by atoms with Crippen LogP contribution in [0, 0.1) is 0 Å². The summed E-state index contributed by atoms with van der Waals surface area (Å²) in [5.74, 6) is -0.415. The topological polar surface area (TPSA) is 83.6 Å². The summed E-state index contributed by atoms with van der Waals surface area (Å²) in [6.45, 7) is 0. The summed E-state index contributed by atoms with van der Waals surface area (Å²) in [4.78, 5) is 25.9. The second-order valence-electron chi connectivity index (χ2n) is 4.28. The number of thioether (sulfide) groups is 1. The zero-order valence-electron chi connectivity index (χ0n) is 11.2. The molecule has 2 N–H and O–H groups in total. The first kappa shape index (κ1) is 15.7. The zero-order valence-corrected chi connectivity index (χ0v) is 12.8. The Bertz CT molecular complexity index is 844. The minimum Gasteiger partial charge on any atom is -0.341 e. The van der Waals surface area contributed by atoms with E-state index in [-0.39, 0.29) is 10.8 Å². The van der Waals surface area contributed by atoms with E-state index in [1.165, 1.54) is 18.7 Å². The average Bonchev–Trinajstić information content (AvgIpc) is 3.13. The van der Waals surface area contributed by atoms with Gasteiger partial charge in [0.2, 0.25) is 5.91 Å². The summed E-state index contributed by atoms with van der Waals surface area (Å²) >= 11 is 1.63. The number of nitrogens with zero attached hydrogens (tertiary/aromatic N) is 3. The number of aromatic nitrogens is 4. The minimum absolute atomic E-state index is 0.00435. The Morgan fingerprint density at radius 3 is 2.87 bits per heavy atom. The molecule has 0 aliphatic rings. The lowest BCUT2D eigenvalue weighted by Gasteiger charge is -2.03. The van der Waals surface area contributed by atoms with Crippen LogP contribution in [0.4, 0.5) is 18.2 Å². The Morgan fingerprint density at radius 1 is 1.30 bits per heavy atom. The molecule has 1 amide bonds. The van der Waals surface area contributed by atoms with Gasteiger partial charge in [-0.2, -0.15) is 13.2 Å². The van der Waals surface area contributed by atoms with Crippen molar-refractivity contribution in [1.29, 1.82) is 0 Å². The largest absolute Gasteiger partial charge is 0.425 e. The van der Waals surface area contributed by atoms with E-state index in [9.17, 15) is 18.0 Å². The number of rotatable bonds is 4. The van der Waals surface area contributed by atoms with Crippen molar-refractivity contribution in [2.75, 3.05) is 11.1 Å². The van der Waals surface area contributed by atoms with E-state index in [4.69, 9.17) is 0 Å². The minimum atomic E-state index is -4.41. The molecule has 0 spiro atoms. The molecule has 0 unspecified atom stereocenters. The Balaban J connectivity index is 1.62. The van der Waals surface area contributed by atoms with Gasteiger partial charge >= 0.3 is 6.18 Å². The summed E-state index contributed by atoms with van der Waals surface area (Å²) in [6.07, 6.45) is -1.61. The van der Waals surface area contributed by atoms with Crippen molar-refractivity contribution in [3.63, 3.8) is 0 Å². The number of nitrogens with one attached hydrogen (secondary N) is 2. The Hall–Kier alpha value is -2.14. The van der Waals surface area contributed by atoms with Gasteiger partial charge in [0.1, 0.15) is 21.7 Å². The number of carbonyl (C=O) groups is 1. The first-order chi connectivity index (χ1) is 10.9. The maximum Gasteiger partial charge on any atom is 0.425 e. The highest BCUT2D eigenvalue weighted by atomic mass is 32.2. The number of carbonyl (C=O) groups excluding carboxylic acids is 1. The van der Waals surface area contributed by atoms with Crippen molar-refractivity contribution >= 4 is 45.2 Å². The predicted molar refractivity (Wildman–Crippen MR) is 80.4 cm³/mol. The van der Waals surface area contributed by atoms with Gasteiger partial charge in [0.25, 0.3) is 0 Å². The van der Waals surface area contributed by atoms with Gasteiger partial charge in [0.05, 0.1) is 17.1 Å². The molecule has 0 saturated carbocycles. The SMILES string of the molecule is O=C(CSc1ncnc2nc[nH]c12)Nc1ccc(C(F)(F)F)s1. The summed E-state index contributed by atoms with van der Waals surface area (Å²) in [7, 11) is 0. The van der Waals surface area contributed by atoms with Crippen molar-refractivity contribution in [3.8, 4) is 0 Å². The number of imidazole rings is 1. The number of anilines is 1. The lowest BCUT2D eigenvalue weighted by molar-refractivity contribution is -0.134. The third-order valence-electron chi connectivity index (χ3n) is 2.68. The molecule has 0 aliphatic heterocycles. The summed E-state index contributed by atoms with van der Waals surface area (Å²) < 4.78 is 37.5. The van der Waals surface area contributed by atoms with Gasteiger partial charge in [-0.25, -0.2) is 15.0 Å². The van der Waals surface area contributed by atoms with Gasteiger partial charge in [-0.1, -0.05) is 11.8 Å². The van der Waals surface area contributed by atoms with Gasteiger partial charge in [-0.05, 0) is 12.1 Å². The molecule has 3 heterocycles. The van der Waals surface area contributed by atoms with Crippen molar-refractivity contribution in [3.05, 3.63) is 29.7 Å². The molecule has 0 fully saturated rings. The number of amides is 1. The fraction of sp³-hybridized carbons (Fsp3) is 0.167. The van der Waals surface area contributed by atoms with E-state index in [0.717, 1.165) is 17.8 Å². The Kier molecular flexibility index (Phi) is 4.22. The van der Waals surface area contributed by atoms with Crippen molar-refractivity contribution in [2.45, 2.75) is 11.2 Å². The number of halogens is 3. The van der Waals surface area contributed by atoms with Crippen LogP contribution in [-0.2, 0) is 11.0 Å². The molecule has 3 aromatic rings. The van der Waals surface area contributed by atoms with E-state index < -0.39 is 17.0 Å². The van der Waals surface area contributed by atoms with Crippen LogP contribution in [-0.4, -0.2) is 31.6 Å². The highest BCUT2D eigenvalue weighted by Gasteiger charge is 2.32. The van der Waals surface area contributed by atoms with Gasteiger partial charge in [0, 0.05) is 0 Å². The van der Waals surface area contributed by atoms with Crippen LogP contribution < -0.4 is 5.32 Å². The van der Waals surface area contributed by atoms with E-state index in [1.807, 2.05) is 0 Å². The van der Waals surface area contributed by atoms with Gasteiger partial charge < -0.3 is 10.3 Å². The van der Waals surface area contributed by atoms with E-state index in [0.29, 0.717) is 27.5 Å². The van der Waals surface area contributed by atoms with Crippen LogP contribution in [0.2, 0.25) is 0 Å². The number of fused-ring (bicyclic) bond motifs is 1. The molecule has 23 heavy (non-hydrogen) atoms. The fourth-order valence-electron chi connectivity index (χ4n) is 1.72. The molecular formula is C12H8F3N5OS2. The number of alkyl halides is 3. The molecule has 6 nitrogen and oxygen atoms in total. The lowest BCUT2D eigenvalue weighted by Crippen LogP contribution is -2.13. The maximum atomic E-state index is 12.5. The molecule has 3 aromatic heterocycles. The summed E-state index contributed by atoms with van der Waals surface area (Å²) in [5.41, 5.74) is 1.09. The molecule has 0 atom stereocenters. The number of H-pyrrole nitrogens is 1. The molecule has 0 saturated heterocycles. The van der Waals surface area contributed by atoms with Gasteiger partial charge in [0.15, 0.2) is 5.65 Å². The Labute approximate surface area is 135 Å². The molecule has 0 bridgehead atoms. The summed E-state index contributed by atoms with van der Waals surface area (Å²) in [6, 6.07) is 2.17. The maximum absolute atomic E-state index is 12.5. The third kappa shape index (κ3) is 3.62. The first-order valence-electron chi connectivity index (χ1n) is 6.17. The number of hydrogen-bond donors (Lipinski definition) is 2. The van der Waals surface area contributed by atoms with E-state index in [2.05, 4.69) is 25.3 Å². The van der Waals surface area contributed by atoms with Crippen LogP contribution in [0.15, 0.2) is 29.8 Å². The zero-order chi connectivity index (χ0) is 16.4. The number of aromatic amines is 1. The van der Waals surface area contributed by atoms with E-state index in [1.54, 1.807) is 0 Å². The number of thiophene rings is 1. The standard InChI is InChI=1S/C12H8F3N5OS2/c13-12(14,15)6-1-2-8(23-6)20-7(21)3-22-11-9-10(17-4-16-9)18-5-19-11/h1-2,4-5H,3H2,(H,20,21)(H,16,17,18,19). The van der Waals surface area contributed by atoms with Crippen LogP contribution in [0.1, 0.15) is 4.88 Å². The van der Waals surface area contributed by atoms with Crippen molar-refractivity contribution in [1.82, 2.24) is 19.9 Å². The molecule has 0 aromatic carbocycles. The third-order valence-corrected chi connectivity index (χ3v) is 4.71. The molecule has 0 aliphatic carbocycles. The van der Waals surface area contributed by atoms with Crippen LogP contribution in [0.25, 0.3) is 11.2 Å². The van der Waals surface area contributed by atoms with Crippen molar-refractivity contribution < 1.29 is 18.0 Å². The molecule has 120 valence electrons. The average molecular weight is 359 g/mol. The smallest absolute Gasteiger partial charge is 0.341 e. The first-order valence-corrected chi connectivity index (χ1v) is 7.97. The predicted octanol–water partition coefficient (Wildman–Crippen LogP) is 3.16. The second kappa shape index (κ2) is 6.16. The monoisotopic (exact) mass is 359 g/mol.